The van der Waals surface area contributed by atoms with Crippen LogP contribution in [0.4, 0.5) is 0 Å². The molecule has 27 heavy (non-hydrogen) atoms. The fourth-order valence-electron chi connectivity index (χ4n) is 2.36. The monoisotopic (exact) mass is 402 g/mol. The molecule has 9 heteroatoms. The number of nitrogens with one attached hydrogen (secondary N) is 2. The number of aromatic nitrogens is 2. The lowest BCUT2D eigenvalue weighted by Gasteiger charge is -2.12. The zero-order valence-electron chi connectivity index (χ0n) is 14.4. The molecule has 2 N–H and O–H groups in total. The molecule has 0 radical (unpaired) electrons. The van der Waals surface area contributed by atoms with Crippen LogP contribution >= 0.6 is 23.4 Å². The van der Waals surface area contributed by atoms with Crippen molar-refractivity contribution in [3.8, 4) is 11.6 Å². The van der Waals surface area contributed by atoms with Crippen LogP contribution in [0.25, 0.3) is 11.6 Å². The topological polar surface area (TPSA) is 97.1 Å². The number of hydrogen-bond acceptors (Lipinski definition) is 6. The molecule has 1 aromatic carbocycles. The normalized spacial score (nSPS) is 10.5. The number of nitrogens with zero attached hydrogens (tertiary/aromatic N) is 2. The van der Waals surface area contributed by atoms with Gasteiger partial charge in [-0.1, -0.05) is 23.7 Å². The molecule has 2 aromatic heterocycles. The molecule has 0 saturated heterocycles. The first kappa shape index (κ1) is 18.9. The maximum Gasteiger partial charge on any atom is 0.274 e. The molecule has 3 aromatic rings. The number of rotatable bonds is 4. The van der Waals surface area contributed by atoms with E-state index in [4.69, 9.17) is 16.0 Å². The Morgan fingerprint density at radius 3 is 2.48 bits per heavy atom. The van der Waals surface area contributed by atoms with E-state index in [1.165, 1.54) is 18.0 Å². The number of thioether (sulfide) groups is 1. The number of halogens is 1. The van der Waals surface area contributed by atoms with Gasteiger partial charge in [0.25, 0.3) is 11.8 Å². The predicted octanol–water partition coefficient (Wildman–Crippen LogP) is 3.50. The number of hydrazine groups is 1. The highest BCUT2D eigenvalue weighted by atomic mass is 35.5. The lowest BCUT2D eigenvalue weighted by molar-refractivity contribution is 0.0844. The first-order valence-corrected chi connectivity index (χ1v) is 9.43. The van der Waals surface area contributed by atoms with Crippen LogP contribution in [0, 0.1) is 6.92 Å². The molecule has 0 aliphatic heterocycles. The maximum atomic E-state index is 12.6. The first-order valence-electron chi connectivity index (χ1n) is 7.83. The Hall–Kier alpha value is -2.84. The van der Waals surface area contributed by atoms with Crippen molar-refractivity contribution in [2.75, 3.05) is 6.26 Å². The third kappa shape index (κ3) is 4.12. The summed E-state index contributed by atoms with van der Waals surface area (Å²) in [7, 11) is 0. The van der Waals surface area contributed by atoms with E-state index in [0.29, 0.717) is 22.3 Å². The van der Waals surface area contributed by atoms with Gasteiger partial charge in [-0.05, 0) is 37.4 Å². The van der Waals surface area contributed by atoms with E-state index in [2.05, 4.69) is 20.8 Å². The van der Waals surface area contributed by atoms with E-state index in [0.717, 1.165) is 0 Å². The van der Waals surface area contributed by atoms with Gasteiger partial charge in [0, 0.05) is 0 Å². The Morgan fingerprint density at radius 2 is 1.81 bits per heavy atom. The van der Waals surface area contributed by atoms with E-state index < -0.39 is 11.8 Å². The Bertz CT molecular complexity index is 992. The van der Waals surface area contributed by atoms with Crippen LogP contribution in [0.5, 0.6) is 0 Å². The van der Waals surface area contributed by atoms with Crippen molar-refractivity contribution in [3.63, 3.8) is 0 Å². The van der Waals surface area contributed by atoms with Crippen LogP contribution in [0.1, 0.15) is 26.4 Å². The van der Waals surface area contributed by atoms with E-state index in [1.807, 2.05) is 0 Å². The second-order valence-electron chi connectivity index (χ2n) is 5.38. The molecule has 2 heterocycles. The summed E-state index contributed by atoms with van der Waals surface area (Å²) in [6.45, 7) is 1.69. The molecule has 3 rings (SSSR count). The maximum absolute atomic E-state index is 12.6. The summed E-state index contributed by atoms with van der Waals surface area (Å²) >= 11 is 7.28. The standard InChI is InChI=1S/C18H15ClN4O3S/c1-10-14(18(27-2)21-15(20-10)13-8-5-9-26-13)17(25)23-22-16(24)11-6-3-4-7-12(11)19/h3-9H,1-2H3,(H,22,24)(H,23,25). The summed E-state index contributed by atoms with van der Waals surface area (Å²) in [5.74, 6) is -0.153. The van der Waals surface area contributed by atoms with Crippen LogP contribution in [0.2, 0.25) is 5.02 Å². The van der Waals surface area contributed by atoms with Crippen molar-refractivity contribution in [2.45, 2.75) is 11.9 Å². The number of aryl methyl sites for hydroxylation is 1. The third-order valence-electron chi connectivity index (χ3n) is 3.63. The number of carbonyl (C=O) groups is 2. The second kappa shape index (κ2) is 8.24. The van der Waals surface area contributed by atoms with Gasteiger partial charge in [-0.15, -0.1) is 11.8 Å². The van der Waals surface area contributed by atoms with Crippen molar-refractivity contribution < 1.29 is 14.0 Å². The smallest absolute Gasteiger partial charge is 0.274 e. The SMILES string of the molecule is CSc1nc(-c2ccco2)nc(C)c1C(=O)NNC(=O)c1ccccc1Cl. The van der Waals surface area contributed by atoms with Crippen molar-refractivity contribution >= 4 is 35.2 Å². The zero-order valence-corrected chi connectivity index (χ0v) is 16.0. The second-order valence-corrected chi connectivity index (χ2v) is 6.58. The highest BCUT2D eigenvalue weighted by Crippen LogP contribution is 2.25. The fourth-order valence-corrected chi connectivity index (χ4v) is 3.20. The van der Waals surface area contributed by atoms with Crippen molar-refractivity contribution in [3.05, 3.63) is 64.5 Å². The van der Waals surface area contributed by atoms with Gasteiger partial charge in [0.05, 0.1) is 28.1 Å². The Balaban J connectivity index is 1.80. The van der Waals surface area contributed by atoms with Crippen LogP contribution < -0.4 is 10.9 Å². The number of carbonyl (C=O) groups excluding carboxylic acids is 2. The van der Waals surface area contributed by atoms with Crippen molar-refractivity contribution in [2.24, 2.45) is 0 Å². The molecule has 0 fully saturated rings. The average molecular weight is 403 g/mol. The first-order chi connectivity index (χ1) is 13.0. The number of hydrogen-bond donors (Lipinski definition) is 2. The minimum absolute atomic E-state index is 0.255. The van der Waals surface area contributed by atoms with E-state index in [9.17, 15) is 9.59 Å². The number of furan rings is 1. The van der Waals surface area contributed by atoms with Gasteiger partial charge in [-0.25, -0.2) is 9.97 Å². The molecule has 138 valence electrons. The summed E-state index contributed by atoms with van der Waals surface area (Å²) in [4.78, 5) is 33.5. The largest absolute Gasteiger partial charge is 0.461 e. The Kier molecular flexibility index (Phi) is 5.78. The Morgan fingerprint density at radius 1 is 1.07 bits per heavy atom. The lowest BCUT2D eigenvalue weighted by atomic mass is 10.2. The summed E-state index contributed by atoms with van der Waals surface area (Å²) in [6.07, 6.45) is 3.32. The molecular weight excluding hydrogens is 388 g/mol. The van der Waals surface area contributed by atoms with Gasteiger partial charge in [-0.3, -0.25) is 20.4 Å². The molecule has 0 spiro atoms. The highest BCUT2D eigenvalue weighted by Gasteiger charge is 2.20. The van der Waals surface area contributed by atoms with Gasteiger partial charge in [0.1, 0.15) is 5.03 Å². The number of amides is 2. The fraction of sp³-hybridized carbons (Fsp3) is 0.111. The molecule has 7 nitrogen and oxygen atoms in total. The minimum atomic E-state index is -0.525. The molecule has 2 amide bonds. The molecule has 0 atom stereocenters. The van der Waals surface area contributed by atoms with Crippen LogP contribution in [0.15, 0.2) is 52.1 Å². The summed E-state index contributed by atoms with van der Waals surface area (Å²) in [5, 5.41) is 0.759. The number of benzene rings is 1. The van der Waals surface area contributed by atoms with Gasteiger partial charge in [-0.2, -0.15) is 0 Å². The van der Waals surface area contributed by atoms with E-state index in [-0.39, 0.29) is 16.1 Å². The molecule has 0 aliphatic rings. The van der Waals surface area contributed by atoms with Crippen molar-refractivity contribution in [1.29, 1.82) is 0 Å². The molecule has 0 unspecified atom stereocenters. The summed E-state index contributed by atoms with van der Waals surface area (Å²) in [5.41, 5.74) is 5.73. The van der Waals surface area contributed by atoms with Crippen LogP contribution in [0.3, 0.4) is 0 Å². The van der Waals surface area contributed by atoms with E-state index in [1.54, 1.807) is 49.6 Å². The quantitative estimate of drug-likeness (QED) is 0.394. The molecular formula is C18H15ClN4O3S. The highest BCUT2D eigenvalue weighted by molar-refractivity contribution is 7.98. The predicted molar refractivity (Wildman–Crippen MR) is 103 cm³/mol. The summed E-state index contributed by atoms with van der Waals surface area (Å²) in [6, 6.07) is 10.0. The summed E-state index contributed by atoms with van der Waals surface area (Å²) < 4.78 is 5.31. The Labute approximate surface area is 164 Å². The van der Waals surface area contributed by atoms with Crippen LogP contribution in [-0.4, -0.2) is 28.0 Å². The van der Waals surface area contributed by atoms with Gasteiger partial charge < -0.3 is 4.42 Å². The zero-order chi connectivity index (χ0) is 19.4. The third-order valence-corrected chi connectivity index (χ3v) is 4.64. The minimum Gasteiger partial charge on any atom is -0.461 e. The van der Waals surface area contributed by atoms with Gasteiger partial charge in [0.2, 0.25) is 0 Å². The van der Waals surface area contributed by atoms with Gasteiger partial charge in [0.15, 0.2) is 11.6 Å². The van der Waals surface area contributed by atoms with Gasteiger partial charge >= 0.3 is 0 Å². The van der Waals surface area contributed by atoms with Crippen molar-refractivity contribution in [1.82, 2.24) is 20.8 Å². The molecule has 0 saturated carbocycles. The molecule has 0 bridgehead atoms. The van der Waals surface area contributed by atoms with Crippen LogP contribution in [-0.2, 0) is 0 Å². The molecule has 0 aliphatic carbocycles. The average Bonchev–Trinajstić information content (AvgIpc) is 3.20. The van der Waals surface area contributed by atoms with E-state index >= 15 is 0 Å². The lowest BCUT2D eigenvalue weighted by Crippen LogP contribution is -2.42.